The van der Waals surface area contributed by atoms with Crippen LogP contribution in [-0.2, 0) is 6.54 Å². The molecule has 0 amide bonds. The molecule has 0 spiro atoms. The maximum absolute atomic E-state index is 5.29. The van der Waals surface area contributed by atoms with Gasteiger partial charge in [-0.05, 0) is 32.2 Å². The maximum atomic E-state index is 5.29. The SMILES string of the molecule is CC1CCCN(Cc2nnc(NN)s2)C1C. The first-order valence-electron chi connectivity index (χ1n) is 5.73. The number of anilines is 1. The molecule has 1 fully saturated rings. The molecule has 1 aromatic rings. The Hall–Kier alpha value is -0.720. The van der Waals surface area contributed by atoms with Crippen molar-refractivity contribution in [1.29, 1.82) is 0 Å². The first kappa shape index (κ1) is 11.8. The number of nitrogens with two attached hydrogens (primary N) is 1. The quantitative estimate of drug-likeness (QED) is 0.619. The van der Waals surface area contributed by atoms with Gasteiger partial charge >= 0.3 is 0 Å². The van der Waals surface area contributed by atoms with E-state index in [1.165, 1.54) is 24.2 Å². The highest BCUT2D eigenvalue weighted by atomic mass is 32.1. The largest absolute Gasteiger partial charge is 0.298 e. The number of aromatic nitrogens is 2. The summed E-state index contributed by atoms with van der Waals surface area (Å²) in [5, 5.41) is 9.80. The number of hydrogen-bond acceptors (Lipinski definition) is 6. The molecule has 0 aliphatic carbocycles. The van der Waals surface area contributed by atoms with Gasteiger partial charge in [0.2, 0.25) is 5.13 Å². The monoisotopic (exact) mass is 241 g/mol. The zero-order chi connectivity index (χ0) is 11.5. The van der Waals surface area contributed by atoms with Crippen LogP contribution in [-0.4, -0.2) is 27.7 Å². The summed E-state index contributed by atoms with van der Waals surface area (Å²) in [4.78, 5) is 2.48. The Labute approximate surface area is 100 Å². The van der Waals surface area contributed by atoms with Crippen LogP contribution in [0.1, 0.15) is 31.7 Å². The Kier molecular flexibility index (Phi) is 3.73. The molecule has 0 aromatic carbocycles. The van der Waals surface area contributed by atoms with Gasteiger partial charge in [0.1, 0.15) is 5.01 Å². The number of nitrogen functional groups attached to an aromatic ring is 1. The smallest absolute Gasteiger partial charge is 0.219 e. The molecule has 2 heterocycles. The van der Waals surface area contributed by atoms with E-state index in [-0.39, 0.29) is 0 Å². The van der Waals surface area contributed by atoms with E-state index in [1.807, 2.05) is 0 Å². The van der Waals surface area contributed by atoms with Gasteiger partial charge in [0.15, 0.2) is 0 Å². The van der Waals surface area contributed by atoms with Crippen LogP contribution >= 0.6 is 11.3 Å². The van der Waals surface area contributed by atoms with E-state index in [9.17, 15) is 0 Å². The zero-order valence-corrected chi connectivity index (χ0v) is 10.6. The minimum atomic E-state index is 0.631. The zero-order valence-electron chi connectivity index (χ0n) is 9.81. The highest BCUT2D eigenvalue weighted by molar-refractivity contribution is 7.15. The summed E-state index contributed by atoms with van der Waals surface area (Å²) in [7, 11) is 0. The number of nitrogens with zero attached hydrogens (tertiary/aromatic N) is 3. The molecular formula is C10H19N5S. The van der Waals surface area contributed by atoms with Crippen molar-refractivity contribution < 1.29 is 0 Å². The van der Waals surface area contributed by atoms with Gasteiger partial charge in [-0.1, -0.05) is 18.3 Å². The average Bonchev–Trinajstić information content (AvgIpc) is 2.73. The predicted molar refractivity (Wildman–Crippen MR) is 66.0 cm³/mol. The molecule has 2 atom stereocenters. The van der Waals surface area contributed by atoms with Crippen molar-refractivity contribution in [3.8, 4) is 0 Å². The summed E-state index contributed by atoms with van der Waals surface area (Å²) in [5.41, 5.74) is 2.53. The Morgan fingerprint density at radius 1 is 1.50 bits per heavy atom. The lowest BCUT2D eigenvalue weighted by Crippen LogP contribution is -2.41. The summed E-state index contributed by atoms with van der Waals surface area (Å²) in [6.45, 7) is 6.68. The van der Waals surface area contributed by atoms with E-state index in [0.717, 1.165) is 24.0 Å². The second-order valence-corrected chi connectivity index (χ2v) is 5.54. The Morgan fingerprint density at radius 3 is 3.00 bits per heavy atom. The summed E-state index contributed by atoms with van der Waals surface area (Å²) in [6.07, 6.45) is 2.62. The molecular weight excluding hydrogens is 222 g/mol. The molecule has 0 bridgehead atoms. The van der Waals surface area contributed by atoms with Crippen LogP contribution in [0.15, 0.2) is 0 Å². The fourth-order valence-electron chi connectivity index (χ4n) is 2.19. The number of hydrazine groups is 1. The van der Waals surface area contributed by atoms with E-state index in [1.54, 1.807) is 0 Å². The Morgan fingerprint density at radius 2 is 2.31 bits per heavy atom. The standard InChI is InChI=1S/C10H19N5S/c1-7-4-3-5-15(8(7)2)6-9-13-14-10(12-11)16-9/h7-8H,3-6,11H2,1-2H3,(H,12,14). The second-order valence-electron chi connectivity index (χ2n) is 4.48. The lowest BCUT2D eigenvalue weighted by molar-refractivity contribution is 0.106. The Balaban J connectivity index is 1.97. The topological polar surface area (TPSA) is 67.1 Å². The van der Waals surface area contributed by atoms with Gasteiger partial charge < -0.3 is 0 Å². The van der Waals surface area contributed by atoms with Crippen LogP contribution in [0, 0.1) is 5.92 Å². The third-order valence-electron chi connectivity index (χ3n) is 3.43. The molecule has 16 heavy (non-hydrogen) atoms. The van der Waals surface area contributed by atoms with Gasteiger partial charge in [0.05, 0.1) is 6.54 Å². The van der Waals surface area contributed by atoms with Crippen molar-refractivity contribution in [2.75, 3.05) is 12.0 Å². The van der Waals surface area contributed by atoms with Crippen molar-refractivity contribution in [3.63, 3.8) is 0 Å². The fraction of sp³-hybridized carbons (Fsp3) is 0.800. The van der Waals surface area contributed by atoms with Crippen molar-refractivity contribution in [3.05, 3.63) is 5.01 Å². The summed E-state index contributed by atoms with van der Waals surface area (Å²) < 4.78 is 0. The first-order chi connectivity index (χ1) is 7.70. The molecule has 1 aromatic heterocycles. The molecule has 1 saturated heterocycles. The van der Waals surface area contributed by atoms with E-state index >= 15 is 0 Å². The lowest BCUT2D eigenvalue weighted by Gasteiger charge is -2.37. The molecule has 0 radical (unpaired) electrons. The average molecular weight is 241 g/mol. The van der Waals surface area contributed by atoms with E-state index in [0.29, 0.717) is 11.2 Å². The second kappa shape index (κ2) is 5.07. The van der Waals surface area contributed by atoms with Crippen LogP contribution in [0.25, 0.3) is 0 Å². The third kappa shape index (κ3) is 2.50. The normalized spacial score (nSPS) is 26.9. The van der Waals surface area contributed by atoms with Gasteiger partial charge in [-0.15, -0.1) is 10.2 Å². The summed E-state index contributed by atoms with van der Waals surface area (Å²) in [5.74, 6) is 6.06. The number of rotatable bonds is 3. The minimum absolute atomic E-state index is 0.631. The van der Waals surface area contributed by atoms with Crippen LogP contribution in [0.5, 0.6) is 0 Å². The molecule has 2 unspecified atom stereocenters. The van der Waals surface area contributed by atoms with Crippen LogP contribution in [0.2, 0.25) is 0 Å². The van der Waals surface area contributed by atoms with Crippen LogP contribution in [0.4, 0.5) is 5.13 Å². The van der Waals surface area contributed by atoms with Gasteiger partial charge in [-0.25, -0.2) is 5.84 Å². The number of nitrogens with one attached hydrogen (secondary N) is 1. The molecule has 3 N–H and O–H groups in total. The van der Waals surface area contributed by atoms with Gasteiger partial charge in [-0.3, -0.25) is 10.3 Å². The van der Waals surface area contributed by atoms with Gasteiger partial charge in [0.25, 0.3) is 0 Å². The van der Waals surface area contributed by atoms with Gasteiger partial charge in [0, 0.05) is 6.04 Å². The highest BCUT2D eigenvalue weighted by Gasteiger charge is 2.25. The number of hydrogen-bond donors (Lipinski definition) is 2. The molecule has 6 heteroatoms. The van der Waals surface area contributed by atoms with Crippen molar-refractivity contribution in [2.45, 2.75) is 39.3 Å². The van der Waals surface area contributed by atoms with E-state index in [2.05, 4.69) is 34.4 Å². The van der Waals surface area contributed by atoms with Crippen molar-refractivity contribution in [2.24, 2.45) is 11.8 Å². The minimum Gasteiger partial charge on any atom is -0.298 e. The number of likely N-dealkylation sites (tertiary alicyclic amines) is 1. The molecule has 1 aliphatic rings. The molecule has 90 valence electrons. The molecule has 5 nitrogen and oxygen atoms in total. The van der Waals surface area contributed by atoms with Gasteiger partial charge in [-0.2, -0.15) is 0 Å². The van der Waals surface area contributed by atoms with E-state index < -0.39 is 0 Å². The fourth-order valence-corrected chi connectivity index (χ4v) is 2.87. The summed E-state index contributed by atoms with van der Waals surface area (Å²) in [6, 6.07) is 0.631. The third-order valence-corrected chi connectivity index (χ3v) is 4.27. The number of piperidine rings is 1. The van der Waals surface area contributed by atoms with E-state index in [4.69, 9.17) is 5.84 Å². The Bertz CT molecular complexity index is 340. The highest BCUT2D eigenvalue weighted by Crippen LogP contribution is 2.25. The molecule has 0 saturated carbocycles. The van der Waals surface area contributed by atoms with Crippen LogP contribution < -0.4 is 11.3 Å². The predicted octanol–water partition coefficient (Wildman–Crippen LogP) is 1.44. The lowest BCUT2D eigenvalue weighted by atomic mass is 9.92. The molecule has 1 aliphatic heterocycles. The van der Waals surface area contributed by atoms with Crippen molar-refractivity contribution >= 4 is 16.5 Å². The maximum Gasteiger partial charge on any atom is 0.219 e. The summed E-state index contributed by atoms with van der Waals surface area (Å²) >= 11 is 1.53. The molecule has 2 rings (SSSR count). The first-order valence-corrected chi connectivity index (χ1v) is 6.55. The van der Waals surface area contributed by atoms with Crippen LogP contribution in [0.3, 0.4) is 0 Å². The van der Waals surface area contributed by atoms with Crippen molar-refractivity contribution in [1.82, 2.24) is 15.1 Å².